The molecular formula is C13H16FNO2S. The molecule has 1 unspecified atom stereocenters. The van der Waals surface area contributed by atoms with Gasteiger partial charge in [0.1, 0.15) is 5.82 Å². The zero-order chi connectivity index (χ0) is 13.0. The number of carbonyl (C=O) groups is 1. The molecule has 98 valence electrons. The number of ether oxygens (including phenoxy) is 1. The average molecular weight is 269 g/mol. The molecule has 2 rings (SSSR count). The van der Waals surface area contributed by atoms with Gasteiger partial charge in [0.05, 0.1) is 11.7 Å². The number of rotatable bonds is 4. The van der Waals surface area contributed by atoms with E-state index in [0.29, 0.717) is 11.4 Å². The van der Waals surface area contributed by atoms with Crippen molar-refractivity contribution in [1.29, 1.82) is 0 Å². The molecule has 1 atom stereocenters. The van der Waals surface area contributed by atoms with Crippen LogP contribution in [0.15, 0.2) is 23.1 Å². The van der Waals surface area contributed by atoms with Crippen molar-refractivity contribution in [2.45, 2.75) is 30.3 Å². The molecule has 0 aromatic heterocycles. The van der Waals surface area contributed by atoms with Gasteiger partial charge >= 0.3 is 0 Å². The minimum Gasteiger partial charge on any atom is -0.378 e. The second-order valence-corrected chi connectivity index (χ2v) is 4.86. The summed E-state index contributed by atoms with van der Waals surface area (Å²) < 4.78 is 18.9. The predicted octanol–water partition coefficient (Wildman–Crippen LogP) is 2.41. The van der Waals surface area contributed by atoms with Gasteiger partial charge in [0.25, 0.3) is 5.91 Å². The van der Waals surface area contributed by atoms with Crippen LogP contribution in [0.1, 0.15) is 29.6 Å². The van der Waals surface area contributed by atoms with Crippen molar-refractivity contribution in [2.75, 3.05) is 13.2 Å². The van der Waals surface area contributed by atoms with E-state index in [1.165, 1.54) is 18.2 Å². The van der Waals surface area contributed by atoms with Crippen molar-refractivity contribution >= 4 is 18.5 Å². The molecule has 1 aromatic rings. The van der Waals surface area contributed by atoms with E-state index < -0.39 is 11.7 Å². The highest BCUT2D eigenvalue weighted by Gasteiger charge is 2.16. The van der Waals surface area contributed by atoms with Crippen LogP contribution in [0.3, 0.4) is 0 Å². The van der Waals surface area contributed by atoms with E-state index in [2.05, 4.69) is 17.9 Å². The zero-order valence-electron chi connectivity index (χ0n) is 9.99. The van der Waals surface area contributed by atoms with Gasteiger partial charge in [0, 0.05) is 18.0 Å². The highest BCUT2D eigenvalue weighted by molar-refractivity contribution is 7.80. The van der Waals surface area contributed by atoms with Gasteiger partial charge in [-0.1, -0.05) is 0 Å². The fraction of sp³-hybridized carbons (Fsp3) is 0.462. The number of carbonyl (C=O) groups excluding carboxylic acids is 1. The lowest BCUT2D eigenvalue weighted by atomic mass is 10.1. The summed E-state index contributed by atoms with van der Waals surface area (Å²) in [5.41, 5.74) is 0.0369. The molecular weight excluding hydrogens is 253 g/mol. The first-order valence-electron chi connectivity index (χ1n) is 6.05. The Kier molecular flexibility index (Phi) is 4.60. The van der Waals surface area contributed by atoms with Crippen LogP contribution in [-0.2, 0) is 4.74 Å². The molecule has 1 fully saturated rings. The third-order valence-electron chi connectivity index (χ3n) is 2.97. The van der Waals surface area contributed by atoms with Crippen LogP contribution in [0.5, 0.6) is 0 Å². The quantitative estimate of drug-likeness (QED) is 0.824. The first kappa shape index (κ1) is 13.4. The number of amides is 1. The largest absolute Gasteiger partial charge is 0.378 e. The minimum absolute atomic E-state index is 0.0369. The van der Waals surface area contributed by atoms with E-state index in [-0.39, 0.29) is 11.7 Å². The van der Waals surface area contributed by atoms with E-state index in [9.17, 15) is 9.18 Å². The third-order valence-corrected chi connectivity index (χ3v) is 3.25. The topological polar surface area (TPSA) is 38.3 Å². The summed E-state index contributed by atoms with van der Waals surface area (Å²) in [5.74, 6) is -0.927. The normalized spacial score (nSPS) is 18.9. The van der Waals surface area contributed by atoms with E-state index >= 15 is 0 Å². The summed E-state index contributed by atoms with van der Waals surface area (Å²) in [4.78, 5) is 12.3. The molecule has 0 radical (unpaired) electrons. The lowest BCUT2D eigenvalue weighted by Crippen LogP contribution is -2.27. The SMILES string of the molecule is O=C(NCCC1CCCO1)c1cc(S)ccc1F. The highest BCUT2D eigenvalue weighted by atomic mass is 32.1. The Balaban J connectivity index is 1.85. The van der Waals surface area contributed by atoms with Gasteiger partial charge in [-0.05, 0) is 37.5 Å². The van der Waals surface area contributed by atoms with Crippen LogP contribution in [-0.4, -0.2) is 25.2 Å². The number of thiol groups is 1. The molecule has 5 heteroatoms. The fourth-order valence-corrected chi connectivity index (χ4v) is 2.20. The first-order chi connectivity index (χ1) is 8.66. The summed E-state index contributed by atoms with van der Waals surface area (Å²) >= 11 is 4.09. The molecule has 18 heavy (non-hydrogen) atoms. The minimum atomic E-state index is -0.526. The second kappa shape index (κ2) is 6.20. The molecule has 1 N–H and O–H groups in total. The smallest absolute Gasteiger partial charge is 0.254 e. The predicted molar refractivity (Wildman–Crippen MR) is 69.6 cm³/mol. The van der Waals surface area contributed by atoms with Crippen LogP contribution >= 0.6 is 12.6 Å². The average Bonchev–Trinajstić information content (AvgIpc) is 2.85. The number of hydrogen-bond donors (Lipinski definition) is 2. The summed E-state index contributed by atoms with van der Waals surface area (Å²) in [6.45, 7) is 1.30. The molecule has 1 aliphatic heterocycles. The summed E-state index contributed by atoms with van der Waals surface area (Å²) in [5, 5.41) is 2.70. The molecule has 1 saturated heterocycles. The van der Waals surface area contributed by atoms with Gasteiger partial charge in [-0.15, -0.1) is 12.6 Å². The standard InChI is InChI=1S/C13H16FNO2S/c14-12-4-3-10(18)8-11(12)13(16)15-6-5-9-2-1-7-17-9/h3-4,8-9,18H,1-2,5-7H2,(H,15,16). The number of halogens is 1. The maximum absolute atomic E-state index is 13.4. The van der Waals surface area contributed by atoms with E-state index in [1.807, 2.05) is 0 Å². The van der Waals surface area contributed by atoms with Crippen molar-refractivity contribution in [3.63, 3.8) is 0 Å². The van der Waals surface area contributed by atoms with E-state index in [0.717, 1.165) is 25.9 Å². The Morgan fingerprint density at radius 1 is 1.56 bits per heavy atom. The van der Waals surface area contributed by atoms with Crippen LogP contribution in [0.4, 0.5) is 4.39 Å². The van der Waals surface area contributed by atoms with E-state index in [1.54, 1.807) is 0 Å². The molecule has 1 aromatic carbocycles. The number of nitrogens with one attached hydrogen (secondary N) is 1. The zero-order valence-corrected chi connectivity index (χ0v) is 10.9. The Bertz CT molecular complexity index is 433. The summed E-state index contributed by atoms with van der Waals surface area (Å²) in [6.07, 6.45) is 3.12. The maximum Gasteiger partial charge on any atom is 0.254 e. The third kappa shape index (κ3) is 3.46. The lowest BCUT2D eigenvalue weighted by Gasteiger charge is -2.10. The molecule has 0 saturated carbocycles. The molecule has 0 spiro atoms. The highest BCUT2D eigenvalue weighted by Crippen LogP contribution is 2.15. The lowest BCUT2D eigenvalue weighted by molar-refractivity contribution is 0.0904. The number of hydrogen-bond acceptors (Lipinski definition) is 3. The molecule has 0 aliphatic carbocycles. The Labute approximate surface area is 111 Å². The first-order valence-corrected chi connectivity index (χ1v) is 6.50. The van der Waals surface area contributed by atoms with Crippen LogP contribution < -0.4 is 5.32 Å². The van der Waals surface area contributed by atoms with Crippen LogP contribution in [0, 0.1) is 5.82 Å². The van der Waals surface area contributed by atoms with Crippen molar-refractivity contribution in [1.82, 2.24) is 5.32 Å². The Morgan fingerprint density at radius 3 is 3.11 bits per heavy atom. The van der Waals surface area contributed by atoms with Crippen LogP contribution in [0.2, 0.25) is 0 Å². The maximum atomic E-state index is 13.4. The van der Waals surface area contributed by atoms with Gasteiger partial charge in [-0.2, -0.15) is 0 Å². The molecule has 1 heterocycles. The summed E-state index contributed by atoms with van der Waals surface area (Å²) in [6, 6.07) is 4.19. The van der Waals surface area contributed by atoms with Crippen molar-refractivity contribution in [3.8, 4) is 0 Å². The monoisotopic (exact) mass is 269 g/mol. The van der Waals surface area contributed by atoms with Gasteiger partial charge in [0.15, 0.2) is 0 Å². The fourth-order valence-electron chi connectivity index (χ4n) is 2.00. The molecule has 1 aliphatic rings. The van der Waals surface area contributed by atoms with Gasteiger partial charge in [-0.25, -0.2) is 4.39 Å². The second-order valence-electron chi connectivity index (χ2n) is 4.34. The van der Waals surface area contributed by atoms with Crippen molar-refractivity contribution in [2.24, 2.45) is 0 Å². The van der Waals surface area contributed by atoms with Gasteiger partial charge in [0.2, 0.25) is 0 Å². The van der Waals surface area contributed by atoms with Gasteiger partial charge < -0.3 is 10.1 Å². The Hall–Kier alpha value is -1.07. The van der Waals surface area contributed by atoms with Crippen molar-refractivity contribution in [3.05, 3.63) is 29.6 Å². The Morgan fingerprint density at radius 2 is 2.39 bits per heavy atom. The van der Waals surface area contributed by atoms with E-state index in [4.69, 9.17) is 4.74 Å². The number of benzene rings is 1. The summed E-state index contributed by atoms with van der Waals surface area (Å²) in [7, 11) is 0. The molecule has 3 nitrogen and oxygen atoms in total. The van der Waals surface area contributed by atoms with Gasteiger partial charge in [-0.3, -0.25) is 4.79 Å². The molecule has 0 bridgehead atoms. The molecule has 1 amide bonds. The van der Waals surface area contributed by atoms with Crippen LogP contribution in [0.25, 0.3) is 0 Å². The van der Waals surface area contributed by atoms with Crippen molar-refractivity contribution < 1.29 is 13.9 Å².